The monoisotopic (exact) mass is 197 g/mol. The van der Waals surface area contributed by atoms with Crippen LogP contribution in [0.5, 0.6) is 0 Å². The van der Waals surface area contributed by atoms with Crippen molar-refractivity contribution >= 4 is 0 Å². The van der Waals surface area contributed by atoms with Crippen LogP contribution in [0.25, 0.3) is 0 Å². The van der Waals surface area contributed by atoms with E-state index >= 15 is 0 Å². The highest BCUT2D eigenvalue weighted by molar-refractivity contribution is 5.15. The van der Waals surface area contributed by atoms with Crippen molar-refractivity contribution in [3.8, 4) is 0 Å². The van der Waals surface area contributed by atoms with Gasteiger partial charge in [0.2, 0.25) is 0 Å². The van der Waals surface area contributed by atoms with E-state index in [1.807, 2.05) is 17.8 Å². The van der Waals surface area contributed by atoms with Crippen molar-refractivity contribution in [1.29, 1.82) is 0 Å². The molecule has 2 N–H and O–H groups in total. The summed E-state index contributed by atoms with van der Waals surface area (Å²) in [6.07, 6.45) is 1.86. The molecule has 0 unspecified atom stereocenters. The number of nitrogens with zero attached hydrogens (tertiary/aromatic N) is 2. The quantitative estimate of drug-likeness (QED) is 0.730. The van der Waals surface area contributed by atoms with Gasteiger partial charge in [0.25, 0.3) is 0 Å². The second kappa shape index (κ2) is 5.12. The van der Waals surface area contributed by atoms with E-state index in [0.717, 1.165) is 12.2 Å². The van der Waals surface area contributed by atoms with Crippen molar-refractivity contribution in [2.24, 2.45) is 0 Å². The van der Waals surface area contributed by atoms with Crippen LogP contribution in [0.15, 0.2) is 6.20 Å². The van der Waals surface area contributed by atoms with E-state index in [-0.39, 0.29) is 6.61 Å². The highest BCUT2D eigenvalue weighted by atomic mass is 16.3. The molecule has 0 aliphatic rings. The maximum Gasteiger partial charge on any atom is 0.0643 e. The minimum absolute atomic E-state index is 0.138. The first-order valence-electron chi connectivity index (χ1n) is 5.00. The first kappa shape index (κ1) is 11.2. The molecule has 1 aromatic rings. The fraction of sp³-hybridized carbons (Fsp3) is 0.700. The van der Waals surface area contributed by atoms with Crippen LogP contribution in [0.4, 0.5) is 0 Å². The molecule has 1 heterocycles. The average molecular weight is 197 g/mol. The van der Waals surface area contributed by atoms with Crippen molar-refractivity contribution in [2.45, 2.75) is 39.9 Å². The molecule has 0 aromatic carbocycles. The smallest absolute Gasteiger partial charge is 0.0643 e. The molecule has 0 fully saturated rings. The van der Waals surface area contributed by atoms with E-state index in [2.05, 4.69) is 24.3 Å². The van der Waals surface area contributed by atoms with Gasteiger partial charge in [0.05, 0.1) is 19.3 Å². The molecule has 14 heavy (non-hydrogen) atoms. The Morgan fingerprint density at radius 2 is 2.29 bits per heavy atom. The average Bonchev–Trinajstić information content (AvgIpc) is 2.46. The first-order chi connectivity index (χ1) is 6.65. The molecule has 0 saturated carbocycles. The molecule has 0 aliphatic carbocycles. The van der Waals surface area contributed by atoms with E-state index in [4.69, 9.17) is 5.11 Å². The Morgan fingerprint density at radius 1 is 1.57 bits per heavy atom. The molecular formula is C10H19N3O. The fourth-order valence-electron chi connectivity index (χ4n) is 1.29. The predicted octanol–water partition coefficient (Wildman–Crippen LogP) is 0.682. The number of hydrogen-bond donors (Lipinski definition) is 2. The normalized spacial score (nSPS) is 11.2. The minimum Gasteiger partial charge on any atom is -0.394 e. The van der Waals surface area contributed by atoms with Crippen molar-refractivity contribution < 1.29 is 5.11 Å². The largest absolute Gasteiger partial charge is 0.394 e. The Balaban J connectivity index is 2.60. The number of rotatable bonds is 5. The molecule has 1 aromatic heterocycles. The summed E-state index contributed by atoms with van der Waals surface area (Å²) in [5.41, 5.74) is 2.33. The Labute approximate surface area is 84.9 Å². The van der Waals surface area contributed by atoms with Crippen molar-refractivity contribution in [1.82, 2.24) is 15.1 Å². The number of aliphatic hydroxyl groups excluding tert-OH is 1. The van der Waals surface area contributed by atoms with Crippen molar-refractivity contribution in [2.75, 3.05) is 6.61 Å². The summed E-state index contributed by atoms with van der Waals surface area (Å²) in [6, 6.07) is 0.482. The summed E-state index contributed by atoms with van der Waals surface area (Å²) >= 11 is 0. The molecule has 0 atom stereocenters. The highest BCUT2D eigenvalue weighted by Gasteiger charge is 2.05. The number of aromatic nitrogens is 2. The summed E-state index contributed by atoms with van der Waals surface area (Å²) in [7, 11) is 0. The molecule has 0 aliphatic heterocycles. The Morgan fingerprint density at radius 3 is 2.86 bits per heavy atom. The summed E-state index contributed by atoms with van der Waals surface area (Å²) in [5, 5.41) is 16.3. The zero-order valence-electron chi connectivity index (χ0n) is 9.12. The van der Waals surface area contributed by atoms with E-state index in [9.17, 15) is 0 Å². The second-order valence-corrected chi connectivity index (χ2v) is 3.74. The zero-order valence-corrected chi connectivity index (χ0v) is 9.12. The molecule has 0 amide bonds. The lowest BCUT2D eigenvalue weighted by atomic mass is 10.2. The van der Waals surface area contributed by atoms with Gasteiger partial charge in [-0.2, -0.15) is 5.10 Å². The number of hydrogen-bond acceptors (Lipinski definition) is 3. The molecule has 4 heteroatoms. The van der Waals surface area contributed by atoms with Crippen molar-refractivity contribution in [3.63, 3.8) is 0 Å². The van der Waals surface area contributed by atoms with Gasteiger partial charge >= 0.3 is 0 Å². The molecule has 1 rings (SSSR count). The van der Waals surface area contributed by atoms with Gasteiger partial charge in [-0.3, -0.25) is 4.68 Å². The molecule has 80 valence electrons. The molecule has 0 radical (unpaired) electrons. The maximum atomic E-state index is 8.80. The van der Waals surface area contributed by atoms with Gasteiger partial charge in [0.15, 0.2) is 0 Å². The van der Waals surface area contributed by atoms with E-state index in [1.54, 1.807) is 0 Å². The van der Waals surface area contributed by atoms with Crippen LogP contribution in [0.1, 0.15) is 25.1 Å². The van der Waals surface area contributed by atoms with Gasteiger partial charge in [-0.25, -0.2) is 0 Å². The van der Waals surface area contributed by atoms with Gasteiger partial charge in [-0.05, 0) is 6.92 Å². The SMILES string of the molecule is Cc1c(CNC(C)C)cnn1CCO. The fourth-order valence-corrected chi connectivity index (χ4v) is 1.29. The Kier molecular flexibility index (Phi) is 4.10. The lowest BCUT2D eigenvalue weighted by molar-refractivity contribution is 0.268. The molecular weight excluding hydrogens is 178 g/mol. The second-order valence-electron chi connectivity index (χ2n) is 3.74. The third-order valence-corrected chi connectivity index (χ3v) is 2.22. The van der Waals surface area contributed by atoms with Crippen LogP contribution in [-0.4, -0.2) is 27.5 Å². The topological polar surface area (TPSA) is 50.1 Å². The molecule has 0 saturated heterocycles. The van der Waals surface area contributed by atoms with Crippen LogP contribution in [-0.2, 0) is 13.1 Å². The zero-order chi connectivity index (χ0) is 10.6. The van der Waals surface area contributed by atoms with E-state index in [1.165, 1.54) is 5.56 Å². The van der Waals surface area contributed by atoms with E-state index < -0.39 is 0 Å². The van der Waals surface area contributed by atoms with Crippen LogP contribution in [0.2, 0.25) is 0 Å². The summed E-state index contributed by atoms with van der Waals surface area (Å²) in [6.45, 7) is 7.82. The molecule has 0 spiro atoms. The summed E-state index contributed by atoms with van der Waals surface area (Å²) < 4.78 is 1.83. The highest BCUT2D eigenvalue weighted by Crippen LogP contribution is 2.06. The summed E-state index contributed by atoms with van der Waals surface area (Å²) in [5.74, 6) is 0. The van der Waals surface area contributed by atoms with Crippen LogP contribution in [0, 0.1) is 6.92 Å². The third-order valence-electron chi connectivity index (χ3n) is 2.22. The Bertz CT molecular complexity index is 281. The Hall–Kier alpha value is -0.870. The van der Waals surface area contributed by atoms with Gasteiger partial charge in [0.1, 0.15) is 0 Å². The third kappa shape index (κ3) is 2.82. The van der Waals surface area contributed by atoms with Crippen LogP contribution in [0.3, 0.4) is 0 Å². The van der Waals surface area contributed by atoms with Gasteiger partial charge in [0, 0.05) is 23.8 Å². The van der Waals surface area contributed by atoms with Gasteiger partial charge in [-0.15, -0.1) is 0 Å². The summed E-state index contributed by atoms with van der Waals surface area (Å²) in [4.78, 5) is 0. The lowest BCUT2D eigenvalue weighted by Gasteiger charge is -2.07. The van der Waals surface area contributed by atoms with Gasteiger partial charge < -0.3 is 10.4 Å². The molecule has 0 bridgehead atoms. The number of aliphatic hydroxyl groups is 1. The van der Waals surface area contributed by atoms with Crippen LogP contribution < -0.4 is 5.32 Å². The van der Waals surface area contributed by atoms with E-state index in [0.29, 0.717) is 12.6 Å². The predicted molar refractivity (Wildman–Crippen MR) is 56.0 cm³/mol. The van der Waals surface area contributed by atoms with Crippen LogP contribution >= 0.6 is 0 Å². The molecule has 4 nitrogen and oxygen atoms in total. The standard InChI is InChI=1S/C10H19N3O/c1-8(2)11-6-10-7-12-13(4-5-14)9(10)3/h7-8,11,14H,4-6H2,1-3H3. The maximum absolute atomic E-state index is 8.80. The lowest BCUT2D eigenvalue weighted by Crippen LogP contribution is -2.22. The van der Waals surface area contributed by atoms with Crippen molar-refractivity contribution in [3.05, 3.63) is 17.5 Å². The minimum atomic E-state index is 0.138. The van der Waals surface area contributed by atoms with Gasteiger partial charge in [-0.1, -0.05) is 13.8 Å². The first-order valence-corrected chi connectivity index (χ1v) is 5.00. The number of nitrogens with one attached hydrogen (secondary N) is 1.